The fraction of sp³-hybridized carbons (Fsp3) is 0.472. The van der Waals surface area contributed by atoms with Gasteiger partial charge in [0, 0.05) is 61.7 Å². The van der Waals surface area contributed by atoms with Gasteiger partial charge in [-0.3, -0.25) is 4.90 Å². The highest BCUT2D eigenvalue weighted by atomic mass is 19.1. The summed E-state index contributed by atoms with van der Waals surface area (Å²) in [5.74, 6) is 1.77. The fourth-order valence-corrected chi connectivity index (χ4v) is 7.33. The molecule has 1 spiro atoms. The topological polar surface area (TPSA) is 102 Å². The number of pyridine rings is 1. The van der Waals surface area contributed by atoms with Crippen LogP contribution in [0, 0.1) is 29.4 Å². The Kier molecular flexibility index (Phi) is 7.43. The van der Waals surface area contributed by atoms with Crippen LogP contribution in [0.15, 0.2) is 30.3 Å². The van der Waals surface area contributed by atoms with E-state index in [1.54, 1.807) is 24.3 Å². The number of halogens is 2. The molecule has 3 N–H and O–H groups in total. The Hall–Kier alpha value is -4.11. The Bertz CT molecular complexity index is 1920. The molecule has 2 saturated heterocycles. The molecule has 2 aliphatic carbocycles. The van der Waals surface area contributed by atoms with Gasteiger partial charge in [0.25, 0.3) is 0 Å². The summed E-state index contributed by atoms with van der Waals surface area (Å²) in [7, 11) is 0. The molecule has 11 heteroatoms. The lowest BCUT2D eigenvalue weighted by Gasteiger charge is -2.35. The number of anilines is 2. The highest BCUT2D eigenvalue weighted by Gasteiger charge is 2.51. The van der Waals surface area contributed by atoms with Crippen LogP contribution in [0.25, 0.3) is 32.9 Å². The Morgan fingerprint density at radius 3 is 2.72 bits per heavy atom. The molecule has 244 valence electrons. The highest BCUT2D eigenvalue weighted by Crippen LogP contribution is 2.49. The lowest BCUT2D eigenvalue weighted by molar-refractivity contribution is -0.0532. The Balaban J connectivity index is 1.20. The maximum atomic E-state index is 16.9. The van der Waals surface area contributed by atoms with Gasteiger partial charge in [-0.05, 0) is 43.6 Å². The van der Waals surface area contributed by atoms with Gasteiger partial charge in [-0.1, -0.05) is 37.1 Å². The van der Waals surface area contributed by atoms with E-state index in [2.05, 4.69) is 37.9 Å². The molecule has 1 atom stereocenters. The van der Waals surface area contributed by atoms with Crippen molar-refractivity contribution in [3.05, 3.63) is 47.5 Å². The van der Waals surface area contributed by atoms with Gasteiger partial charge in [0.1, 0.15) is 28.7 Å². The van der Waals surface area contributed by atoms with E-state index in [1.165, 1.54) is 6.07 Å². The number of morpholine rings is 1. The number of ether oxygens (including phenoxy) is 2. The lowest BCUT2D eigenvalue weighted by atomic mass is 9.96. The number of hydrogen-bond acceptors (Lipinski definition) is 9. The smallest absolute Gasteiger partial charge is 0.319 e. The van der Waals surface area contributed by atoms with Crippen molar-refractivity contribution in [3.8, 4) is 29.6 Å². The molecule has 4 aromatic rings. The zero-order chi connectivity index (χ0) is 32.3. The van der Waals surface area contributed by atoms with Gasteiger partial charge in [0.2, 0.25) is 0 Å². The van der Waals surface area contributed by atoms with Crippen LogP contribution in [0.4, 0.5) is 20.4 Å². The van der Waals surface area contributed by atoms with Crippen LogP contribution in [0.1, 0.15) is 44.6 Å². The van der Waals surface area contributed by atoms with Crippen LogP contribution in [0.2, 0.25) is 0 Å². The van der Waals surface area contributed by atoms with Gasteiger partial charge in [-0.2, -0.15) is 9.97 Å². The normalized spacial score (nSPS) is 21.7. The minimum absolute atomic E-state index is 0.00782. The second kappa shape index (κ2) is 11.5. The number of nitrogen functional groups attached to an aromatic ring is 1. The molecule has 8 rings (SSSR count). The van der Waals surface area contributed by atoms with Gasteiger partial charge in [0.15, 0.2) is 5.82 Å². The monoisotopic (exact) mass is 639 g/mol. The third-order valence-corrected chi connectivity index (χ3v) is 10.4. The number of terminal acetylenes is 1. The zero-order valence-corrected chi connectivity index (χ0v) is 26.6. The zero-order valence-electron chi connectivity index (χ0n) is 26.6. The summed E-state index contributed by atoms with van der Waals surface area (Å²) in [4.78, 5) is 18.7. The van der Waals surface area contributed by atoms with E-state index < -0.39 is 11.6 Å². The molecular weight excluding hydrogens is 600 g/mol. The second-order valence-electron chi connectivity index (χ2n) is 13.7. The predicted octanol–water partition coefficient (Wildman–Crippen LogP) is 4.90. The third kappa shape index (κ3) is 5.52. The van der Waals surface area contributed by atoms with Gasteiger partial charge in [0.05, 0.1) is 29.8 Å². The van der Waals surface area contributed by atoms with Crippen LogP contribution < -0.4 is 20.7 Å². The quantitative estimate of drug-likeness (QED) is 0.261. The largest absolute Gasteiger partial charge is 0.463 e. The van der Waals surface area contributed by atoms with Gasteiger partial charge < -0.3 is 25.4 Å². The van der Waals surface area contributed by atoms with Crippen molar-refractivity contribution in [3.63, 3.8) is 0 Å². The summed E-state index contributed by atoms with van der Waals surface area (Å²) >= 11 is 0. The van der Waals surface area contributed by atoms with E-state index in [1.807, 2.05) is 0 Å². The molecule has 0 unspecified atom stereocenters. The average Bonchev–Trinajstić information content (AvgIpc) is 4.03. The standard InChI is InChI=1S/C36H39F2N7O2/c1-3-23-18-45(15-14-40-23)33-28-31(42-34(43-33)46-21-35(10-11-35)19-44-16-17-47-36(20-44)12-13-36)29(38)30(41-32(28)39)25-7-5-6-22-8-9-26(37)24(4-2)27(22)25/h2,5-9,23,40H,3,10-21H2,1H3,(H2,39,41)/t23-/m1/s1. The molecule has 2 saturated carbocycles. The molecule has 47 heavy (non-hydrogen) atoms. The molecule has 9 nitrogen and oxygen atoms in total. The first-order valence-electron chi connectivity index (χ1n) is 16.6. The first-order chi connectivity index (χ1) is 22.8. The molecule has 4 heterocycles. The number of benzene rings is 2. The molecule has 4 aliphatic rings. The SMILES string of the molecule is C#Cc1c(F)ccc2cccc(-c3nc(N)c4c(N5CCN[C@H](CC)C5)nc(OCC5(CN6CCOC7(CC7)C6)CC5)nc4c3F)c12. The first kappa shape index (κ1) is 30.2. The third-order valence-electron chi connectivity index (χ3n) is 10.4. The van der Waals surface area contributed by atoms with E-state index in [0.29, 0.717) is 47.2 Å². The van der Waals surface area contributed by atoms with Crippen LogP contribution in [0.3, 0.4) is 0 Å². The lowest BCUT2D eigenvalue weighted by Crippen LogP contribution is -2.50. The van der Waals surface area contributed by atoms with Crippen LogP contribution in [0.5, 0.6) is 6.01 Å². The summed E-state index contributed by atoms with van der Waals surface area (Å²) in [6.07, 6.45) is 11.0. The minimum Gasteiger partial charge on any atom is -0.463 e. The fourth-order valence-electron chi connectivity index (χ4n) is 7.33. The summed E-state index contributed by atoms with van der Waals surface area (Å²) < 4.78 is 44.1. The number of nitrogens with two attached hydrogens (primary N) is 1. The maximum Gasteiger partial charge on any atom is 0.319 e. The number of aromatic nitrogens is 3. The van der Waals surface area contributed by atoms with Crippen LogP contribution in [-0.4, -0.2) is 84.0 Å². The van der Waals surface area contributed by atoms with Crippen molar-refractivity contribution in [2.24, 2.45) is 5.41 Å². The number of fused-ring (bicyclic) bond motifs is 2. The van der Waals surface area contributed by atoms with E-state index in [9.17, 15) is 4.39 Å². The molecule has 0 amide bonds. The first-order valence-corrected chi connectivity index (χ1v) is 16.6. The van der Waals surface area contributed by atoms with E-state index >= 15 is 4.39 Å². The summed E-state index contributed by atoms with van der Waals surface area (Å²) in [5.41, 5.74) is 7.06. The van der Waals surface area contributed by atoms with Gasteiger partial charge in [-0.15, -0.1) is 6.42 Å². The number of nitrogens with one attached hydrogen (secondary N) is 1. The average molecular weight is 640 g/mol. The van der Waals surface area contributed by atoms with E-state index in [-0.39, 0.29) is 45.7 Å². The van der Waals surface area contributed by atoms with Crippen LogP contribution in [-0.2, 0) is 4.74 Å². The van der Waals surface area contributed by atoms with E-state index in [4.69, 9.17) is 26.6 Å². The van der Waals surface area contributed by atoms with Crippen LogP contribution >= 0.6 is 0 Å². The molecule has 0 radical (unpaired) electrons. The molecule has 2 aliphatic heterocycles. The van der Waals surface area contributed by atoms with Crippen molar-refractivity contribution in [2.45, 2.75) is 50.7 Å². The molecule has 2 aromatic carbocycles. The number of nitrogens with zero attached hydrogens (tertiary/aromatic N) is 5. The predicted molar refractivity (Wildman–Crippen MR) is 178 cm³/mol. The molecule has 2 aromatic heterocycles. The molecule has 0 bridgehead atoms. The maximum absolute atomic E-state index is 16.9. The Labute approximate surface area is 272 Å². The minimum atomic E-state index is -0.686. The summed E-state index contributed by atoms with van der Waals surface area (Å²) in [5, 5.41) is 4.92. The Morgan fingerprint density at radius 1 is 1.11 bits per heavy atom. The van der Waals surface area contributed by atoms with Crippen molar-refractivity contribution in [2.75, 3.05) is 63.1 Å². The van der Waals surface area contributed by atoms with E-state index in [0.717, 1.165) is 64.9 Å². The number of piperazine rings is 1. The highest BCUT2D eigenvalue weighted by molar-refractivity contribution is 6.04. The number of rotatable bonds is 8. The van der Waals surface area contributed by atoms with Gasteiger partial charge >= 0.3 is 6.01 Å². The van der Waals surface area contributed by atoms with Crippen molar-refractivity contribution < 1.29 is 18.3 Å². The molecule has 4 fully saturated rings. The van der Waals surface area contributed by atoms with Crippen molar-refractivity contribution in [1.82, 2.24) is 25.2 Å². The molecular formula is C36H39F2N7O2. The summed E-state index contributed by atoms with van der Waals surface area (Å²) in [6.45, 7) is 8.21. The second-order valence-corrected chi connectivity index (χ2v) is 13.7. The van der Waals surface area contributed by atoms with Crippen molar-refractivity contribution >= 4 is 33.3 Å². The summed E-state index contributed by atoms with van der Waals surface area (Å²) in [6, 6.07) is 8.52. The number of hydrogen-bond donors (Lipinski definition) is 2. The van der Waals surface area contributed by atoms with Crippen molar-refractivity contribution in [1.29, 1.82) is 0 Å². The Morgan fingerprint density at radius 2 is 1.96 bits per heavy atom. The van der Waals surface area contributed by atoms with Gasteiger partial charge in [-0.25, -0.2) is 13.8 Å².